The molecule has 1 saturated carbocycles. The molecule has 1 aliphatic carbocycles. The van der Waals surface area contributed by atoms with Crippen LogP contribution in [0.5, 0.6) is 5.75 Å². The van der Waals surface area contributed by atoms with Gasteiger partial charge in [0.1, 0.15) is 11.6 Å². The first-order valence-electron chi connectivity index (χ1n) is 13.7. The first-order chi connectivity index (χ1) is 19.2. The van der Waals surface area contributed by atoms with Crippen LogP contribution in [-0.2, 0) is 18.4 Å². The summed E-state index contributed by atoms with van der Waals surface area (Å²) in [6, 6.07) is 12.7. The highest BCUT2D eigenvalue weighted by atomic mass is 35.5. The Balaban J connectivity index is 1.48. The van der Waals surface area contributed by atoms with Crippen LogP contribution in [0.2, 0.25) is 5.02 Å². The quantitative estimate of drug-likeness (QED) is 0.386. The summed E-state index contributed by atoms with van der Waals surface area (Å²) in [5.41, 5.74) is 7.25. The molecule has 0 spiro atoms. The molecular formula is C31H32ClF2N3O3. The largest absolute Gasteiger partial charge is 0.480 e. The molecule has 1 amide bonds. The maximum atomic E-state index is 16.3. The van der Waals surface area contributed by atoms with Crippen LogP contribution in [0.3, 0.4) is 0 Å². The fraction of sp³-hybridized carbons (Fsp3) is 0.387. The molecule has 2 heterocycles. The number of hydrogen-bond donors (Lipinski definition) is 3. The van der Waals surface area contributed by atoms with Crippen LogP contribution in [0.15, 0.2) is 42.5 Å². The van der Waals surface area contributed by atoms with Gasteiger partial charge in [0.15, 0.2) is 11.4 Å². The summed E-state index contributed by atoms with van der Waals surface area (Å²) in [5.74, 6) is -1.96. The van der Waals surface area contributed by atoms with Crippen molar-refractivity contribution < 1.29 is 23.4 Å². The van der Waals surface area contributed by atoms with Crippen LogP contribution < -0.4 is 20.7 Å². The van der Waals surface area contributed by atoms with E-state index < -0.39 is 23.1 Å². The minimum absolute atomic E-state index is 0.0302. The summed E-state index contributed by atoms with van der Waals surface area (Å²) < 4.78 is 38.3. The van der Waals surface area contributed by atoms with Gasteiger partial charge in [-0.1, -0.05) is 41.9 Å². The molecule has 40 heavy (non-hydrogen) atoms. The summed E-state index contributed by atoms with van der Waals surface area (Å²) in [4.78, 5) is 14.4. The number of carbonyl (C=O) groups excluding carboxylic acids is 1. The van der Waals surface area contributed by atoms with Crippen LogP contribution in [0, 0.1) is 11.6 Å². The molecule has 210 valence electrons. The zero-order valence-corrected chi connectivity index (χ0v) is 23.0. The SMILES string of the molecule is CN1CCc2cc(C(N)=O)c(-c3c(Cl)c(F)cc4c3C[C@@](CNC3CCC(O)CC3)(c3ccccc3)O4)c(F)c21. The maximum Gasteiger partial charge on any atom is 0.249 e. The Morgan fingerprint density at radius 2 is 1.90 bits per heavy atom. The minimum Gasteiger partial charge on any atom is -0.480 e. The second-order valence-corrected chi connectivity index (χ2v) is 11.6. The van der Waals surface area contributed by atoms with Gasteiger partial charge in [-0.3, -0.25) is 4.79 Å². The Hall–Kier alpha value is -3.20. The molecular weight excluding hydrogens is 536 g/mol. The number of nitrogens with zero attached hydrogens (tertiary/aromatic N) is 1. The lowest BCUT2D eigenvalue weighted by molar-refractivity contribution is 0.0760. The average Bonchev–Trinajstić information content (AvgIpc) is 3.51. The summed E-state index contributed by atoms with van der Waals surface area (Å²) >= 11 is 6.60. The first-order valence-corrected chi connectivity index (χ1v) is 14.1. The van der Waals surface area contributed by atoms with E-state index in [4.69, 9.17) is 22.1 Å². The number of anilines is 1. The molecule has 2 aliphatic heterocycles. The average molecular weight is 568 g/mol. The first kappa shape index (κ1) is 27.0. The van der Waals surface area contributed by atoms with Crippen molar-refractivity contribution in [1.29, 1.82) is 0 Å². The molecule has 0 saturated heterocycles. The van der Waals surface area contributed by atoms with E-state index >= 15 is 8.78 Å². The Morgan fingerprint density at radius 1 is 1.18 bits per heavy atom. The number of primary amides is 1. The number of halogens is 3. The lowest BCUT2D eigenvalue weighted by Crippen LogP contribution is -2.46. The van der Waals surface area contributed by atoms with Gasteiger partial charge < -0.3 is 25.8 Å². The van der Waals surface area contributed by atoms with E-state index in [2.05, 4.69) is 5.32 Å². The predicted molar refractivity (Wildman–Crippen MR) is 151 cm³/mol. The zero-order valence-electron chi connectivity index (χ0n) is 22.3. The highest BCUT2D eigenvalue weighted by Gasteiger charge is 2.45. The Kier molecular flexibility index (Phi) is 6.97. The molecule has 3 aliphatic rings. The fourth-order valence-electron chi connectivity index (χ4n) is 6.53. The number of hydrogen-bond acceptors (Lipinski definition) is 5. The third-order valence-corrected chi connectivity index (χ3v) is 9.03. The van der Waals surface area contributed by atoms with Crippen LogP contribution in [-0.4, -0.2) is 43.3 Å². The maximum absolute atomic E-state index is 16.3. The molecule has 0 radical (unpaired) electrons. The van der Waals surface area contributed by atoms with Gasteiger partial charge >= 0.3 is 0 Å². The Morgan fingerprint density at radius 3 is 2.60 bits per heavy atom. The van der Waals surface area contributed by atoms with Gasteiger partial charge in [-0.2, -0.15) is 0 Å². The van der Waals surface area contributed by atoms with Gasteiger partial charge in [0.2, 0.25) is 5.91 Å². The van der Waals surface area contributed by atoms with E-state index in [1.54, 1.807) is 18.0 Å². The third kappa shape index (κ3) is 4.52. The number of benzene rings is 3. The molecule has 4 N–H and O–H groups in total. The lowest BCUT2D eigenvalue weighted by Gasteiger charge is -2.34. The molecule has 0 unspecified atom stereocenters. The number of rotatable bonds is 6. The summed E-state index contributed by atoms with van der Waals surface area (Å²) in [6.07, 6.45) is 3.69. The summed E-state index contributed by atoms with van der Waals surface area (Å²) in [6.45, 7) is 0.996. The number of ether oxygens (including phenoxy) is 1. The van der Waals surface area contributed by atoms with Gasteiger partial charge in [-0.25, -0.2) is 8.78 Å². The number of nitrogens with two attached hydrogens (primary N) is 1. The van der Waals surface area contributed by atoms with E-state index in [9.17, 15) is 9.90 Å². The molecule has 6 rings (SSSR count). The van der Waals surface area contributed by atoms with E-state index in [-0.39, 0.29) is 46.0 Å². The van der Waals surface area contributed by atoms with Crippen molar-refractivity contribution in [3.05, 3.63) is 81.4 Å². The monoisotopic (exact) mass is 567 g/mol. The molecule has 0 aromatic heterocycles. The second kappa shape index (κ2) is 10.3. The Labute approximate surface area is 237 Å². The number of likely N-dealkylation sites (N-methyl/N-ethyl adjacent to an activating group) is 1. The van der Waals surface area contributed by atoms with Gasteiger partial charge in [-0.15, -0.1) is 0 Å². The normalized spacial score (nSPS) is 23.6. The molecule has 6 nitrogen and oxygen atoms in total. The van der Waals surface area contributed by atoms with Gasteiger partial charge in [-0.05, 0) is 49.3 Å². The molecule has 3 aromatic carbocycles. The highest BCUT2D eigenvalue weighted by molar-refractivity contribution is 6.34. The van der Waals surface area contributed by atoms with Crippen molar-refractivity contribution in [3.63, 3.8) is 0 Å². The number of aliphatic hydroxyl groups is 1. The van der Waals surface area contributed by atoms with E-state index in [0.717, 1.165) is 31.2 Å². The van der Waals surface area contributed by atoms with E-state index in [0.29, 0.717) is 36.3 Å². The molecule has 1 fully saturated rings. The van der Waals surface area contributed by atoms with Crippen molar-refractivity contribution in [2.45, 2.75) is 56.3 Å². The van der Waals surface area contributed by atoms with Crippen LogP contribution in [0.4, 0.5) is 14.5 Å². The molecule has 0 bridgehead atoms. The van der Waals surface area contributed by atoms with Gasteiger partial charge in [0.05, 0.1) is 22.4 Å². The molecule has 9 heteroatoms. The predicted octanol–water partition coefficient (Wildman–Crippen LogP) is 5.10. The summed E-state index contributed by atoms with van der Waals surface area (Å²) in [7, 11) is 1.78. The molecule has 3 aromatic rings. The van der Waals surface area contributed by atoms with Gasteiger partial charge in [0, 0.05) is 55.4 Å². The van der Waals surface area contributed by atoms with E-state index in [1.165, 1.54) is 6.07 Å². The van der Waals surface area contributed by atoms with Gasteiger partial charge in [0.25, 0.3) is 0 Å². The highest BCUT2D eigenvalue weighted by Crippen LogP contribution is 2.51. The number of amides is 1. The van der Waals surface area contributed by atoms with Crippen molar-refractivity contribution >= 4 is 23.2 Å². The van der Waals surface area contributed by atoms with Crippen molar-refractivity contribution in [3.8, 4) is 16.9 Å². The van der Waals surface area contributed by atoms with Crippen LogP contribution >= 0.6 is 11.6 Å². The lowest BCUT2D eigenvalue weighted by atomic mass is 9.84. The fourth-order valence-corrected chi connectivity index (χ4v) is 6.79. The number of carbonyl (C=O) groups is 1. The minimum atomic E-state index is -0.928. The number of nitrogens with one attached hydrogen (secondary N) is 1. The number of fused-ring (bicyclic) bond motifs is 2. The molecule has 1 atom stereocenters. The third-order valence-electron chi connectivity index (χ3n) is 8.66. The van der Waals surface area contributed by atoms with Crippen LogP contribution in [0.25, 0.3) is 11.1 Å². The zero-order chi connectivity index (χ0) is 28.2. The standard InChI is InChI=1S/C31H32ClF2N3O3/c1-37-12-11-17-13-21(30(35)39)26(28(34)29(17)37)25-22-15-31(18-5-3-2-4-6-18,40-24(22)14-23(33)27(25)32)16-36-19-7-9-20(38)10-8-19/h2-6,13-14,19-20,36,38H,7-12,15-16H2,1H3,(H2,35,39)/t19?,20?,31-/m1/s1. The second-order valence-electron chi connectivity index (χ2n) is 11.2. The van der Waals surface area contributed by atoms with Crippen LogP contribution in [0.1, 0.15) is 52.7 Å². The van der Waals surface area contributed by atoms with Crippen molar-refractivity contribution in [2.75, 3.05) is 25.0 Å². The Bertz CT molecular complexity index is 1480. The smallest absolute Gasteiger partial charge is 0.249 e. The van der Waals surface area contributed by atoms with Crippen molar-refractivity contribution in [2.24, 2.45) is 5.73 Å². The number of aliphatic hydroxyl groups excluding tert-OH is 1. The van der Waals surface area contributed by atoms with Crippen molar-refractivity contribution in [1.82, 2.24) is 5.32 Å². The summed E-state index contributed by atoms with van der Waals surface area (Å²) in [5, 5.41) is 13.3. The topological polar surface area (TPSA) is 87.8 Å². The van der Waals surface area contributed by atoms with E-state index in [1.807, 2.05) is 30.3 Å².